The van der Waals surface area contributed by atoms with Crippen LogP contribution >= 0.6 is 0 Å². The van der Waals surface area contributed by atoms with Crippen molar-refractivity contribution in [1.29, 1.82) is 0 Å². The molecule has 2 fully saturated rings. The molecule has 0 radical (unpaired) electrons. The van der Waals surface area contributed by atoms with Crippen LogP contribution in [0.1, 0.15) is 90.0 Å². The highest BCUT2D eigenvalue weighted by molar-refractivity contribution is 6.03. The third kappa shape index (κ3) is 6.28. The highest BCUT2D eigenvalue weighted by atomic mass is 16.4. The average molecular weight is 528 g/mol. The van der Waals surface area contributed by atoms with Crippen molar-refractivity contribution in [3.63, 3.8) is 0 Å². The van der Waals surface area contributed by atoms with Crippen LogP contribution in [-0.2, 0) is 9.59 Å². The van der Waals surface area contributed by atoms with E-state index in [-0.39, 0.29) is 11.4 Å². The van der Waals surface area contributed by atoms with Crippen LogP contribution in [0.4, 0.5) is 10.6 Å². The molecule has 2 aromatic rings. The van der Waals surface area contributed by atoms with Crippen molar-refractivity contribution in [2.75, 3.05) is 18.4 Å². The maximum Gasteiger partial charge on any atom is 0.338 e. The number of carbonyl (C=O) groups excluding carboxylic acids is 1. The maximum absolute atomic E-state index is 13.5. The van der Waals surface area contributed by atoms with Crippen molar-refractivity contribution >= 4 is 34.8 Å². The zero-order chi connectivity index (χ0) is 27.4. The first-order valence-corrected chi connectivity index (χ1v) is 13.8. The monoisotopic (exact) mass is 527 g/mol. The number of rotatable bonds is 6. The second kappa shape index (κ2) is 11.7. The molecule has 10 nitrogen and oxygen atoms in total. The lowest BCUT2D eigenvalue weighted by molar-refractivity contribution is -0.156. The van der Waals surface area contributed by atoms with Gasteiger partial charge in [0.1, 0.15) is 5.82 Å². The number of aromatic amines is 1. The van der Waals surface area contributed by atoms with Gasteiger partial charge in [0.25, 0.3) is 0 Å². The van der Waals surface area contributed by atoms with Crippen LogP contribution in [0.2, 0.25) is 0 Å². The number of amides is 2. The molecule has 208 valence electrons. The largest absolute Gasteiger partial charge is 0.479 e. The molecule has 4 rings (SSSR count). The van der Waals surface area contributed by atoms with Gasteiger partial charge in [0.05, 0.1) is 11.0 Å². The summed E-state index contributed by atoms with van der Waals surface area (Å²) in [6.45, 7) is 8.69. The number of carbonyl (C=O) groups is 3. The SMILES string of the molecule is CC(C)(C)N1CCC(c2c[nH]c3ccc(NC(=O)N(C4CCCCCCC4)C(C(=O)O)C(=O)O)nc23)CC1. The second-order valence-electron chi connectivity index (χ2n) is 11.7. The van der Waals surface area contributed by atoms with Gasteiger partial charge in [0, 0.05) is 17.8 Å². The number of fused-ring (bicyclic) bond motifs is 1. The average Bonchev–Trinajstić information content (AvgIpc) is 3.25. The number of nitrogens with one attached hydrogen (secondary N) is 2. The number of piperidine rings is 1. The van der Waals surface area contributed by atoms with Crippen molar-refractivity contribution in [3.05, 3.63) is 23.9 Å². The number of hydrogen-bond acceptors (Lipinski definition) is 5. The number of hydrogen-bond donors (Lipinski definition) is 4. The topological polar surface area (TPSA) is 139 Å². The van der Waals surface area contributed by atoms with E-state index < -0.39 is 30.1 Å². The predicted octanol–water partition coefficient (Wildman–Crippen LogP) is 5.03. The van der Waals surface area contributed by atoms with Crippen molar-refractivity contribution in [2.45, 2.75) is 102 Å². The molecule has 2 amide bonds. The van der Waals surface area contributed by atoms with E-state index >= 15 is 0 Å². The molecule has 0 bridgehead atoms. The molecule has 2 aliphatic rings. The normalized spacial score (nSPS) is 18.7. The molecule has 10 heteroatoms. The van der Waals surface area contributed by atoms with Gasteiger partial charge in [-0.3, -0.25) is 15.1 Å². The third-order valence-electron chi connectivity index (χ3n) is 8.12. The van der Waals surface area contributed by atoms with Crippen molar-refractivity contribution in [1.82, 2.24) is 19.8 Å². The number of nitrogens with zero attached hydrogens (tertiary/aromatic N) is 3. The summed E-state index contributed by atoms with van der Waals surface area (Å²) in [5, 5.41) is 22.2. The third-order valence-corrected chi connectivity index (χ3v) is 8.12. The Labute approximate surface area is 223 Å². The Kier molecular flexibility index (Phi) is 8.60. The van der Waals surface area contributed by atoms with Gasteiger partial charge < -0.3 is 15.2 Å². The van der Waals surface area contributed by atoms with Crippen LogP contribution in [0.25, 0.3) is 11.0 Å². The Balaban J connectivity index is 1.56. The van der Waals surface area contributed by atoms with Gasteiger partial charge in [0.15, 0.2) is 0 Å². The first-order chi connectivity index (χ1) is 18.1. The molecule has 1 aliphatic heterocycles. The summed E-state index contributed by atoms with van der Waals surface area (Å²) in [4.78, 5) is 48.9. The fourth-order valence-electron chi connectivity index (χ4n) is 5.99. The van der Waals surface area contributed by atoms with Crippen molar-refractivity contribution in [3.8, 4) is 0 Å². The lowest BCUT2D eigenvalue weighted by Gasteiger charge is -2.40. The molecule has 1 saturated heterocycles. The summed E-state index contributed by atoms with van der Waals surface area (Å²) < 4.78 is 0. The standard InChI is InChI=1S/C28H41N5O5/c1-28(2,3)32-15-13-18(14-16-32)20-17-29-21-11-12-22(30-23(20)21)31-27(38)33(24(25(34)35)26(36)37)19-9-7-5-4-6-8-10-19/h11-12,17-19,24,29H,4-10,13-16H2,1-3H3,(H,34,35)(H,36,37)(H,30,31,38). The van der Waals surface area contributed by atoms with E-state index in [1.54, 1.807) is 6.07 Å². The highest BCUT2D eigenvalue weighted by Gasteiger charge is 2.40. The van der Waals surface area contributed by atoms with Crippen LogP contribution in [0.15, 0.2) is 18.3 Å². The van der Waals surface area contributed by atoms with Crippen LogP contribution < -0.4 is 5.32 Å². The van der Waals surface area contributed by atoms with E-state index in [0.717, 1.165) is 79.5 Å². The Morgan fingerprint density at radius 3 is 2.18 bits per heavy atom. The van der Waals surface area contributed by atoms with Gasteiger partial charge in [-0.05, 0) is 83.2 Å². The van der Waals surface area contributed by atoms with E-state index in [9.17, 15) is 24.6 Å². The molecule has 1 aliphatic carbocycles. The minimum atomic E-state index is -1.96. The van der Waals surface area contributed by atoms with E-state index in [2.05, 4.69) is 36.0 Å². The van der Waals surface area contributed by atoms with Crippen molar-refractivity contribution in [2.24, 2.45) is 0 Å². The maximum atomic E-state index is 13.5. The zero-order valence-electron chi connectivity index (χ0n) is 22.7. The zero-order valence-corrected chi connectivity index (χ0v) is 22.7. The molecular weight excluding hydrogens is 486 g/mol. The van der Waals surface area contributed by atoms with Crippen LogP contribution in [-0.4, -0.2) is 78.7 Å². The summed E-state index contributed by atoms with van der Waals surface area (Å²) in [5.41, 5.74) is 2.88. The summed E-state index contributed by atoms with van der Waals surface area (Å²) in [5.74, 6) is -2.48. The molecule has 1 saturated carbocycles. The van der Waals surface area contributed by atoms with Gasteiger partial charge in [-0.15, -0.1) is 0 Å². The fourth-order valence-corrected chi connectivity index (χ4v) is 5.99. The fraction of sp³-hybridized carbons (Fsp3) is 0.643. The number of H-pyrrole nitrogens is 1. The van der Waals surface area contributed by atoms with E-state index in [1.165, 1.54) is 0 Å². The number of anilines is 1. The number of likely N-dealkylation sites (tertiary alicyclic amines) is 1. The highest BCUT2D eigenvalue weighted by Crippen LogP contribution is 2.35. The Bertz CT molecular complexity index is 1130. The van der Waals surface area contributed by atoms with E-state index in [1.807, 2.05) is 12.3 Å². The first kappa shape index (κ1) is 27.9. The molecule has 4 N–H and O–H groups in total. The van der Waals surface area contributed by atoms with E-state index in [4.69, 9.17) is 4.98 Å². The molecule has 38 heavy (non-hydrogen) atoms. The number of aromatic nitrogens is 2. The lowest BCUT2D eigenvalue weighted by Crippen LogP contribution is -2.56. The molecule has 3 heterocycles. The Hall–Kier alpha value is -3.14. The molecule has 0 spiro atoms. The van der Waals surface area contributed by atoms with Gasteiger partial charge in [-0.1, -0.05) is 32.1 Å². The Morgan fingerprint density at radius 1 is 1.00 bits per heavy atom. The first-order valence-electron chi connectivity index (χ1n) is 13.8. The molecule has 0 aromatic carbocycles. The Morgan fingerprint density at radius 2 is 1.61 bits per heavy atom. The molecule has 0 atom stereocenters. The number of aliphatic carboxylic acids is 2. The number of carboxylic acids is 2. The lowest BCUT2D eigenvalue weighted by atomic mass is 9.88. The van der Waals surface area contributed by atoms with E-state index in [0.29, 0.717) is 18.8 Å². The van der Waals surface area contributed by atoms with Gasteiger partial charge >= 0.3 is 18.0 Å². The van der Waals surface area contributed by atoms with Gasteiger partial charge in [0.2, 0.25) is 6.04 Å². The minimum Gasteiger partial charge on any atom is -0.479 e. The van der Waals surface area contributed by atoms with Crippen LogP contribution in [0, 0.1) is 0 Å². The minimum absolute atomic E-state index is 0.132. The number of carboxylic acid groups (broad SMARTS) is 2. The predicted molar refractivity (Wildman–Crippen MR) is 145 cm³/mol. The van der Waals surface area contributed by atoms with Crippen LogP contribution in [0.5, 0.6) is 0 Å². The molecule has 0 unspecified atom stereocenters. The molecule has 2 aromatic heterocycles. The van der Waals surface area contributed by atoms with Gasteiger partial charge in [-0.2, -0.15) is 0 Å². The summed E-state index contributed by atoms with van der Waals surface area (Å²) >= 11 is 0. The molecular formula is C28H41N5O5. The van der Waals surface area contributed by atoms with Crippen molar-refractivity contribution < 1.29 is 24.6 Å². The summed E-state index contributed by atoms with van der Waals surface area (Å²) in [6, 6.07) is 0.340. The second-order valence-corrected chi connectivity index (χ2v) is 11.7. The summed E-state index contributed by atoms with van der Waals surface area (Å²) in [6.07, 6.45) is 9.88. The number of urea groups is 1. The van der Waals surface area contributed by atoms with Gasteiger partial charge in [-0.25, -0.2) is 19.4 Å². The smallest absolute Gasteiger partial charge is 0.338 e. The van der Waals surface area contributed by atoms with Crippen LogP contribution in [0.3, 0.4) is 0 Å². The number of pyridine rings is 1. The quantitative estimate of drug-likeness (QED) is 0.387. The summed E-state index contributed by atoms with van der Waals surface area (Å²) in [7, 11) is 0.